The molecule has 0 aliphatic heterocycles. The molecule has 34 heavy (non-hydrogen) atoms. The van der Waals surface area contributed by atoms with Crippen molar-refractivity contribution in [2.75, 3.05) is 0 Å². The zero-order chi connectivity index (χ0) is 24.4. The van der Waals surface area contributed by atoms with Gasteiger partial charge in [0, 0.05) is 26.2 Å². The van der Waals surface area contributed by atoms with Crippen LogP contribution >= 0.6 is 12.4 Å². The summed E-state index contributed by atoms with van der Waals surface area (Å²) < 4.78 is 0. The SMILES string of the molecule is CCCCCCCCc1ccc(O)cc1.CCc1cc(C(C)(C)C)c(O)c(C(C)(C)C)c1.Cl.[Zr]. The largest absolute Gasteiger partial charge is 0.508 e. The van der Waals surface area contributed by atoms with E-state index in [1.165, 1.54) is 49.7 Å². The first-order chi connectivity index (χ1) is 14.9. The molecule has 2 rings (SSSR count). The summed E-state index contributed by atoms with van der Waals surface area (Å²) in [6, 6.07) is 11.9. The topological polar surface area (TPSA) is 40.5 Å². The quantitative estimate of drug-likeness (QED) is 0.312. The number of phenolic OH excluding ortho intramolecular Hbond substituents is 2. The van der Waals surface area contributed by atoms with Gasteiger partial charge in [-0.2, -0.15) is 0 Å². The third kappa shape index (κ3) is 12.8. The fourth-order valence-corrected chi connectivity index (χ4v) is 3.81. The second kappa shape index (κ2) is 16.8. The minimum Gasteiger partial charge on any atom is -0.508 e. The standard InChI is InChI=1S/C16H26O.C14H22O.ClH.Zr/c1-8-11-9-12(15(2,3)4)14(17)13(10-11)16(5,6)7;1-2-3-4-5-6-7-8-13-9-11-14(15)12-10-13;;/h9-10,17H,8H2,1-7H3;9-12,15H,2-8H2,1H3;1H;. The van der Waals surface area contributed by atoms with Crippen molar-refractivity contribution in [3.8, 4) is 11.5 Å². The number of unbranched alkanes of at least 4 members (excludes halogenated alkanes) is 5. The number of rotatable bonds is 8. The molecule has 4 heteroatoms. The second-order valence-electron chi connectivity index (χ2n) is 11.1. The van der Waals surface area contributed by atoms with Crippen LogP contribution in [0.1, 0.15) is 116 Å². The second-order valence-corrected chi connectivity index (χ2v) is 11.1. The number of hydrogen-bond acceptors (Lipinski definition) is 2. The predicted octanol–water partition coefficient (Wildman–Crippen LogP) is 9.26. The van der Waals surface area contributed by atoms with E-state index in [-0.39, 0.29) is 49.4 Å². The van der Waals surface area contributed by atoms with Crippen molar-refractivity contribution >= 4 is 12.4 Å². The van der Waals surface area contributed by atoms with Crippen molar-refractivity contribution in [3.63, 3.8) is 0 Å². The molecule has 0 amide bonds. The molecule has 0 saturated carbocycles. The molecule has 0 aliphatic rings. The van der Waals surface area contributed by atoms with Crippen LogP contribution in [0.25, 0.3) is 0 Å². The van der Waals surface area contributed by atoms with Crippen LogP contribution in [0, 0.1) is 0 Å². The number of aromatic hydroxyl groups is 2. The fourth-order valence-electron chi connectivity index (χ4n) is 3.81. The maximum Gasteiger partial charge on any atom is 0.123 e. The van der Waals surface area contributed by atoms with Gasteiger partial charge in [-0.05, 0) is 64.5 Å². The summed E-state index contributed by atoms with van der Waals surface area (Å²) >= 11 is 0. The van der Waals surface area contributed by atoms with E-state index in [2.05, 4.69) is 67.5 Å². The minimum atomic E-state index is -0.0186. The molecule has 192 valence electrons. The zero-order valence-electron chi connectivity index (χ0n) is 22.9. The van der Waals surface area contributed by atoms with Gasteiger partial charge in [0.25, 0.3) is 0 Å². The van der Waals surface area contributed by atoms with Gasteiger partial charge in [0.15, 0.2) is 0 Å². The summed E-state index contributed by atoms with van der Waals surface area (Å²) in [6.45, 7) is 17.3. The summed E-state index contributed by atoms with van der Waals surface area (Å²) in [5.74, 6) is 0.837. The van der Waals surface area contributed by atoms with E-state index in [0.29, 0.717) is 11.5 Å². The molecule has 0 spiro atoms. The normalized spacial score (nSPS) is 11.1. The van der Waals surface area contributed by atoms with E-state index in [4.69, 9.17) is 5.11 Å². The molecule has 2 N–H and O–H groups in total. The zero-order valence-corrected chi connectivity index (χ0v) is 26.2. The molecule has 0 unspecified atom stereocenters. The first-order valence-electron chi connectivity index (χ1n) is 12.5. The van der Waals surface area contributed by atoms with Gasteiger partial charge < -0.3 is 10.2 Å². The van der Waals surface area contributed by atoms with Crippen molar-refractivity contribution in [3.05, 3.63) is 58.7 Å². The summed E-state index contributed by atoms with van der Waals surface area (Å²) in [5, 5.41) is 19.6. The Morgan fingerprint density at radius 2 is 1.09 bits per heavy atom. The Kier molecular flexibility index (Phi) is 17.5. The van der Waals surface area contributed by atoms with E-state index in [1.54, 1.807) is 12.1 Å². The smallest absolute Gasteiger partial charge is 0.123 e. The van der Waals surface area contributed by atoms with Crippen molar-refractivity contribution in [2.45, 2.75) is 118 Å². The summed E-state index contributed by atoms with van der Waals surface area (Å²) in [4.78, 5) is 0. The van der Waals surface area contributed by atoms with E-state index in [9.17, 15) is 5.11 Å². The van der Waals surface area contributed by atoms with Crippen LogP contribution in [0.2, 0.25) is 0 Å². The maximum absolute atomic E-state index is 10.5. The Labute approximate surface area is 235 Å². The Bertz CT molecular complexity index is 767. The van der Waals surface area contributed by atoms with E-state index >= 15 is 0 Å². The minimum absolute atomic E-state index is 0. The van der Waals surface area contributed by atoms with Crippen LogP contribution in [0.15, 0.2) is 36.4 Å². The van der Waals surface area contributed by atoms with Gasteiger partial charge in [-0.3, -0.25) is 0 Å². The van der Waals surface area contributed by atoms with Gasteiger partial charge in [-0.25, -0.2) is 0 Å². The van der Waals surface area contributed by atoms with Crippen LogP contribution in [-0.4, -0.2) is 10.2 Å². The van der Waals surface area contributed by atoms with Crippen LogP contribution in [0.5, 0.6) is 11.5 Å². The average molecular weight is 568 g/mol. The maximum atomic E-state index is 10.5. The molecule has 0 atom stereocenters. The van der Waals surface area contributed by atoms with Crippen molar-refractivity contribution in [1.29, 1.82) is 0 Å². The fraction of sp³-hybridized carbons (Fsp3) is 0.600. The Morgan fingerprint density at radius 1 is 0.647 bits per heavy atom. The number of benzene rings is 2. The van der Waals surface area contributed by atoms with Crippen molar-refractivity contribution in [2.24, 2.45) is 0 Å². The molecule has 0 saturated heterocycles. The number of halogens is 1. The third-order valence-electron chi connectivity index (χ3n) is 5.95. The van der Waals surface area contributed by atoms with Crippen molar-refractivity contribution in [1.82, 2.24) is 0 Å². The Hall–Kier alpha value is -0.787. The molecule has 2 aromatic carbocycles. The number of aryl methyl sites for hydroxylation is 2. The third-order valence-corrected chi connectivity index (χ3v) is 5.95. The Morgan fingerprint density at radius 3 is 1.50 bits per heavy atom. The van der Waals surface area contributed by atoms with Gasteiger partial charge in [0.1, 0.15) is 11.5 Å². The van der Waals surface area contributed by atoms with Gasteiger partial charge in [0.2, 0.25) is 0 Å². The molecular formula is C30H49ClO2Zr. The van der Waals surface area contributed by atoms with E-state index in [0.717, 1.165) is 24.0 Å². The van der Waals surface area contributed by atoms with Crippen molar-refractivity contribution < 1.29 is 36.4 Å². The van der Waals surface area contributed by atoms with Gasteiger partial charge in [-0.15, -0.1) is 12.4 Å². The summed E-state index contributed by atoms with van der Waals surface area (Å²) in [5.41, 5.74) is 4.72. The molecule has 0 fully saturated rings. The monoisotopic (exact) mass is 566 g/mol. The molecule has 0 bridgehead atoms. The van der Waals surface area contributed by atoms with Crippen LogP contribution in [-0.2, 0) is 49.9 Å². The first kappa shape index (κ1) is 35.4. The molecule has 0 heterocycles. The molecule has 0 aliphatic carbocycles. The number of hydrogen-bond donors (Lipinski definition) is 2. The van der Waals surface area contributed by atoms with E-state index < -0.39 is 0 Å². The summed E-state index contributed by atoms with van der Waals surface area (Å²) in [6.07, 6.45) is 10.2. The van der Waals surface area contributed by atoms with Gasteiger partial charge in [0.05, 0.1) is 0 Å². The van der Waals surface area contributed by atoms with E-state index in [1.807, 2.05) is 12.1 Å². The average Bonchev–Trinajstić information content (AvgIpc) is 2.71. The first-order valence-corrected chi connectivity index (χ1v) is 12.5. The van der Waals surface area contributed by atoms with Crippen LogP contribution in [0.4, 0.5) is 0 Å². The molecule has 0 radical (unpaired) electrons. The molecule has 2 nitrogen and oxygen atoms in total. The van der Waals surface area contributed by atoms with Crippen LogP contribution in [0.3, 0.4) is 0 Å². The molecule has 2 aromatic rings. The Balaban J connectivity index is 0. The van der Waals surface area contributed by atoms with Gasteiger partial charge in [-0.1, -0.05) is 112 Å². The summed E-state index contributed by atoms with van der Waals surface area (Å²) in [7, 11) is 0. The molecule has 0 aromatic heterocycles. The van der Waals surface area contributed by atoms with Gasteiger partial charge >= 0.3 is 0 Å². The van der Waals surface area contributed by atoms with Crippen LogP contribution < -0.4 is 0 Å². The predicted molar refractivity (Wildman–Crippen MR) is 147 cm³/mol. The molecular weight excluding hydrogens is 519 g/mol. The number of phenols is 2.